The minimum atomic E-state index is -0.538. The minimum absolute atomic E-state index is 0.160. The van der Waals surface area contributed by atoms with Crippen molar-refractivity contribution in [1.29, 1.82) is 0 Å². The molecule has 9 heteroatoms. The molecule has 0 bridgehead atoms. The van der Waals surface area contributed by atoms with Crippen LogP contribution < -0.4 is 5.32 Å². The summed E-state index contributed by atoms with van der Waals surface area (Å²) >= 11 is 1.56. The number of carbonyl (C=O) groups excluding carboxylic acids is 3. The molecule has 1 saturated heterocycles. The maximum atomic E-state index is 12.5. The van der Waals surface area contributed by atoms with Gasteiger partial charge in [-0.2, -0.15) is 0 Å². The number of carbonyl (C=O) groups is 3. The highest BCUT2D eigenvalue weighted by Crippen LogP contribution is 2.21. The van der Waals surface area contributed by atoms with Crippen molar-refractivity contribution in [1.82, 2.24) is 9.88 Å². The Balaban J connectivity index is 1.45. The summed E-state index contributed by atoms with van der Waals surface area (Å²) in [5.41, 5.74) is 1.23. The molecule has 0 radical (unpaired) electrons. The fourth-order valence-electron chi connectivity index (χ4n) is 3.43. The summed E-state index contributed by atoms with van der Waals surface area (Å²) in [6, 6.07) is 6.63. The van der Waals surface area contributed by atoms with Gasteiger partial charge in [0.1, 0.15) is 11.7 Å². The Morgan fingerprint density at radius 2 is 1.79 bits per heavy atom. The van der Waals surface area contributed by atoms with Gasteiger partial charge < -0.3 is 19.7 Å². The SMILES string of the molecule is CC(C)c1nc(CC(=O)Nc2ccc(C(=O)OC3CCN(C(=O)OC(C)(C)C)CC3)cc2)cs1. The van der Waals surface area contributed by atoms with Crippen molar-refractivity contribution in [2.24, 2.45) is 0 Å². The summed E-state index contributed by atoms with van der Waals surface area (Å²) in [5.74, 6) is -0.239. The maximum absolute atomic E-state index is 12.5. The second kappa shape index (κ2) is 11.0. The zero-order chi connectivity index (χ0) is 24.9. The number of nitrogens with zero attached hydrogens (tertiary/aromatic N) is 2. The number of hydrogen-bond acceptors (Lipinski definition) is 7. The van der Waals surface area contributed by atoms with E-state index in [4.69, 9.17) is 9.47 Å². The van der Waals surface area contributed by atoms with E-state index in [2.05, 4.69) is 24.1 Å². The van der Waals surface area contributed by atoms with Gasteiger partial charge in [0.2, 0.25) is 5.91 Å². The molecule has 1 aromatic heterocycles. The van der Waals surface area contributed by atoms with E-state index in [0.29, 0.717) is 43.1 Å². The molecule has 8 nitrogen and oxygen atoms in total. The van der Waals surface area contributed by atoms with E-state index in [1.807, 2.05) is 26.2 Å². The van der Waals surface area contributed by atoms with Crippen LogP contribution >= 0.6 is 11.3 Å². The Morgan fingerprint density at radius 3 is 2.35 bits per heavy atom. The van der Waals surface area contributed by atoms with Crippen LogP contribution in [0.15, 0.2) is 29.6 Å². The summed E-state index contributed by atoms with van der Waals surface area (Å²) in [4.78, 5) is 43.1. The lowest BCUT2D eigenvalue weighted by atomic mass is 10.1. The second-order valence-corrected chi connectivity index (χ2v) is 10.6. The molecule has 1 aliphatic heterocycles. The third-order valence-corrected chi connectivity index (χ3v) is 6.37. The molecule has 2 heterocycles. The average molecular weight is 488 g/mol. The van der Waals surface area contributed by atoms with E-state index in [0.717, 1.165) is 10.7 Å². The van der Waals surface area contributed by atoms with Gasteiger partial charge in [-0.1, -0.05) is 13.8 Å². The van der Waals surface area contributed by atoms with Crippen molar-refractivity contribution >= 4 is 35.0 Å². The molecule has 34 heavy (non-hydrogen) atoms. The number of aromatic nitrogens is 1. The third kappa shape index (κ3) is 7.55. The number of anilines is 1. The number of nitrogens with one attached hydrogen (secondary N) is 1. The number of esters is 1. The van der Waals surface area contributed by atoms with Crippen molar-refractivity contribution in [2.45, 2.75) is 71.5 Å². The Morgan fingerprint density at radius 1 is 1.15 bits per heavy atom. The minimum Gasteiger partial charge on any atom is -0.459 e. The van der Waals surface area contributed by atoms with Crippen LogP contribution in [0.3, 0.4) is 0 Å². The predicted molar refractivity (Wildman–Crippen MR) is 131 cm³/mol. The first kappa shape index (κ1) is 25.7. The highest BCUT2D eigenvalue weighted by atomic mass is 32.1. The zero-order valence-corrected chi connectivity index (χ0v) is 21.2. The highest BCUT2D eigenvalue weighted by molar-refractivity contribution is 7.09. The fourth-order valence-corrected chi connectivity index (χ4v) is 4.27. The number of likely N-dealkylation sites (tertiary alicyclic amines) is 1. The van der Waals surface area contributed by atoms with Gasteiger partial charge in [-0.15, -0.1) is 11.3 Å². The second-order valence-electron chi connectivity index (χ2n) is 9.71. The standard InChI is InChI=1S/C25H33N3O5S/c1-16(2)22-27-19(15-34-22)14-21(29)26-18-8-6-17(7-9-18)23(30)32-20-10-12-28(13-11-20)24(31)33-25(3,4)5/h6-9,15-16,20H,10-14H2,1-5H3,(H,26,29). The van der Waals surface area contributed by atoms with Crippen LogP contribution in [0.2, 0.25) is 0 Å². The number of hydrogen-bond donors (Lipinski definition) is 1. The molecule has 0 atom stereocenters. The molecule has 2 aromatic rings. The van der Waals surface area contributed by atoms with Crippen LogP contribution in [0.4, 0.5) is 10.5 Å². The molecule has 1 fully saturated rings. The number of thiazole rings is 1. The van der Waals surface area contributed by atoms with Crippen LogP contribution in [-0.2, 0) is 20.7 Å². The fraction of sp³-hybridized carbons (Fsp3) is 0.520. The molecule has 0 saturated carbocycles. The van der Waals surface area contributed by atoms with Crippen LogP contribution in [-0.4, -0.2) is 52.6 Å². The summed E-state index contributed by atoms with van der Waals surface area (Å²) in [6.07, 6.45) is 0.738. The van der Waals surface area contributed by atoms with Crippen molar-refractivity contribution in [2.75, 3.05) is 18.4 Å². The van der Waals surface area contributed by atoms with Crippen molar-refractivity contribution < 1.29 is 23.9 Å². The molecule has 0 aliphatic carbocycles. The van der Waals surface area contributed by atoms with Gasteiger partial charge in [-0.05, 0) is 45.0 Å². The summed E-state index contributed by atoms with van der Waals surface area (Å²) in [5, 5.41) is 5.76. The first-order valence-electron chi connectivity index (χ1n) is 11.5. The molecule has 184 valence electrons. The normalized spacial score (nSPS) is 14.7. The van der Waals surface area contributed by atoms with Gasteiger partial charge in [-0.25, -0.2) is 14.6 Å². The lowest BCUT2D eigenvalue weighted by Crippen LogP contribution is -2.43. The molecule has 1 aromatic carbocycles. The van der Waals surface area contributed by atoms with E-state index in [-0.39, 0.29) is 24.5 Å². The Kier molecular flexibility index (Phi) is 8.30. The van der Waals surface area contributed by atoms with Crippen LogP contribution in [0.5, 0.6) is 0 Å². The number of piperidine rings is 1. The summed E-state index contributed by atoms with van der Waals surface area (Å²) in [6.45, 7) is 10.6. The van der Waals surface area contributed by atoms with Gasteiger partial charge >= 0.3 is 12.1 Å². The molecule has 3 rings (SSSR count). The highest BCUT2D eigenvalue weighted by Gasteiger charge is 2.28. The number of rotatable bonds is 6. The molecule has 0 spiro atoms. The third-order valence-electron chi connectivity index (χ3n) is 5.18. The van der Waals surface area contributed by atoms with Crippen LogP contribution in [0, 0.1) is 0 Å². The monoisotopic (exact) mass is 487 g/mol. The Bertz CT molecular complexity index is 1000. The van der Waals surface area contributed by atoms with Gasteiger partial charge in [-0.3, -0.25) is 4.79 Å². The van der Waals surface area contributed by atoms with E-state index >= 15 is 0 Å². The average Bonchev–Trinajstić information content (AvgIpc) is 3.22. The quantitative estimate of drug-likeness (QED) is 0.576. The van der Waals surface area contributed by atoms with E-state index < -0.39 is 11.6 Å². The Labute approximate surface area is 204 Å². The maximum Gasteiger partial charge on any atom is 0.410 e. The molecular weight excluding hydrogens is 454 g/mol. The molecule has 2 amide bonds. The number of ether oxygens (including phenoxy) is 2. The topological polar surface area (TPSA) is 97.8 Å². The zero-order valence-electron chi connectivity index (χ0n) is 20.4. The van der Waals surface area contributed by atoms with E-state index in [1.165, 1.54) is 0 Å². The van der Waals surface area contributed by atoms with Crippen molar-refractivity contribution in [3.63, 3.8) is 0 Å². The van der Waals surface area contributed by atoms with Gasteiger partial charge in [0.25, 0.3) is 0 Å². The van der Waals surface area contributed by atoms with Gasteiger partial charge in [0.05, 0.1) is 22.7 Å². The molecule has 1 N–H and O–H groups in total. The van der Waals surface area contributed by atoms with Crippen LogP contribution in [0.1, 0.15) is 74.4 Å². The number of amides is 2. The van der Waals surface area contributed by atoms with Gasteiger partial charge in [0.15, 0.2) is 0 Å². The molecular formula is C25H33N3O5S. The van der Waals surface area contributed by atoms with Crippen LogP contribution in [0.25, 0.3) is 0 Å². The van der Waals surface area contributed by atoms with Crippen molar-refractivity contribution in [3.8, 4) is 0 Å². The molecule has 1 aliphatic rings. The summed E-state index contributed by atoms with van der Waals surface area (Å²) < 4.78 is 11.0. The van der Waals surface area contributed by atoms with E-state index in [1.54, 1.807) is 40.5 Å². The Hall–Kier alpha value is -2.94. The van der Waals surface area contributed by atoms with Gasteiger partial charge in [0, 0.05) is 42.9 Å². The first-order valence-corrected chi connectivity index (χ1v) is 12.4. The van der Waals surface area contributed by atoms with E-state index in [9.17, 15) is 14.4 Å². The van der Waals surface area contributed by atoms with Crippen molar-refractivity contribution in [3.05, 3.63) is 45.9 Å². The largest absolute Gasteiger partial charge is 0.459 e. The first-order chi connectivity index (χ1) is 16.0. The smallest absolute Gasteiger partial charge is 0.410 e. The lowest BCUT2D eigenvalue weighted by Gasteiger charge is -2.33. The number of benzene rings is 1. The molecule has 0 unspecified atom stereocenters. The summed E-state index contributed by atoms with van der Waals surface area (Å²) in [7, 11) is 0. The lowest BCUT2D eigenvalue weighted by molar-refractivity contribution is -0.115. The predicted octanol–water partition coefficient (Wildman–Crippen LogP) is 5.00.